The third-order valence-corrected chi connectivity index (χ3v) is 5.09. The Balaban J connectivity index is 2.61. The maximum atomic E-state index is 10.2. The van der Waals surface area contributed by atoms with E-state index in [1.165, 1.54) is 25.7 Å². The molecule has 2 N–H and O–H groups in total. The summed E-state index contributed by atoms with van der Waals surface area (Å²) in [6.07, 6.45) is 6.87. The first-order valence-electron chi connectivity index (χ1n) is 8.17. The average molecular weight is 270 g/mol. The summed E-state index contributed by atoms with van der Waals surface area (Å²) >= 11 is 0. The maximum Gasteiger partial charge on any atom is 0.0695 e. The van der Waals surface area contributed by atoms with E-state index < -0.39 is 0 Å². The highest BCUT2D eigenvalue weighted by Gasteiger charge is 2.33. The van der Waals surface area contributed by atoms with Gasteiger partial charge in [0.25, 0.3) is 0 Å². The molecular formula is C16H34N2O. The van der Waals surface area contributed by atoms with Crippen LogP contribution < -0.4 is 5.32 Å². The molecule has 0 heterocycles. The van der Waals surface area contributed by atoms with Crippen molar-refractivity contribution < 1.29 is 5.11 Å². The van der Waals surface area contributed by atoms with E-state index in [9.17, 15) is 5.11 Å². The van der Waals surface area contributed by atoms with Crippen molar-refractivity contribution in [2.75, 3.05) is 26.7 Å². The monoisotopic (exact) mass is 270 g/mol. The molecule has 2 atom stereocenters. The fraction of sp³-hybridized carbons (Fsp3) is 1.00. The number of hydrogen-bond acceptors (Lipinski definition) is 3. The van der Waals surface area contributed by atoms with Crippen molar-refractivity contribution >= 4 is 0 Å². The summed E-state index contributed by atoms with van der Waals surface area (Å²) in [6.45, 7) is 9.98. The minimum absolute atomic E-state index is 0.121. The van der Waals surface area contributed by atoms with Gasteiger partial charge in [-0.1, -0.05) is 33.6 Å². The van der Waals surface area contributed by atoms with Crippen molar-refractivity contribution in [3.05, 3.63) is 0 Å². The van der Waals surface area contributed by atoms with Gasteiger partial charge in [-0.2, -0.15) is 0 Å². The molecule has 19 heavy (non-hydrogen) atoms. The van der Waals surface area contributed by atoms with Crippen LogP contribution in [0, 0.1) is 5.41 Å². The van der Waals surface area contributed by atoms with Crippen molar-refractivity contribution in [3.8, 4) is 0 Å². The normalized spacial score (nSPS) is 24.9. The Morgan fingerprint density at radius 2 is 1.79 bits per heavy atom. The summed E-state index contributed by atoms with van der Waals surface area (Å²) < 4.78 is 0. The standard InChI is InChI=1S/C16H34N2O/c1-5-16(6-2,12-17-7-3)13-18(4)14-10-8-9-11-15(14)19/h14-15,17,19H,5-13H2,1-4H3. The summed E-state index contributed by atoms with van der Waals surface area (Å²) in [4.78, 5) is 2.42. The van der Waals surface area contributed by atoms with Crippen LogP contribution in [-0.2, 0) is 0 Å². The van der Waals surface area contributed by atoms with Crippen molar-refractivity contribution in [1.82, 2.24) is 10.2 Å². The first-order chi connectivity index (χ1) is 9.08. The molecule has 0 aliphatic heterocycles. The third kappa shape index (κ3) is 4.73. The average Bonchev–Trinajstić information content (AvgIpc) is 2.44. The molecule has 1 saturated carbocycles. The molecule has 0 spiro atoms. The second kappa shape index (κ2) is 8.23. The predicted molar refractivity (Wildman–Crippen MR) is 82.5 cm³/mol. The summed E-state index contributed by atoms with van der Waals surface area (Å²) in [7, 11) is 2.20. The van der Waals surface area contributed by atoms with Gasteiger partial charge in [-0.25, -0.2) is 0 Å². The molecule has 2 unspecified atom stereocenters. The number of aliphatic hydroxyl groups is 1. The Bertz CT molecular complexity index is 241. The minimum Gasteiger partial charge on any atom is -0.391 e. The zero-order chi connectivity index (χ0) is 14.3. The molecule has 1 aliphatic carbocycles. The highest BCUT2D eigenvalue weighted by Crippen LogP contribution is 2.30. The van der Waals surface area contributed by atoms with Gasteiger partial charge in [0, 0.05) is 19.1 Å². The molecule has 3 heteroatoms. The van der Waals surface area contributed by atoms with Crippen LogP contribution in [0.25, 0.3) is 0 Å². The lowest BCUT2D eigenvalue weighted by atomic mass is 9.80. The number of nitrogens with zero attached hydrogens (tertiary/aromatic N) is 1. The van der Waals surface area contributed by atoms with Crippen LogP contribution in [-0.4, -0.2) is 48.8 Å². The van der Waals surface area contributed by atoms with Crippen LogP contribution in [0.1, 0.15) is 59.3 Å². The minimum atomic E-state index is -0.121. The Morgan fingerprint density at radius 3 is 2.32 bits per heavy atom. The molecule has 3 nitrogen and oxygen atoms in total. The fourth-order valence-corrected chi connectivity index (χ4v) is 3.42. The molecule has 1 rings (SSSR count). The van der Waals surface area contributed by atoms with Gasteiger partial charge in [-0.05, 0) is 44.7 Å². The van der Waals surface area contributed by atoms with E-state index in [1.807, 2.05) is 0 Å². The van der Waals surface area contributed by atoms with E-state index in [0.29, 0.717) is 11.5 Å². The summed E-state index contributed by atoms with van der Waals surface area (Å²) in [5.74, 6) is 0. The Labute approximate surface area is 119 Å². The molecule has 1 aliphatic rings. The lowest BCUT2D eigenvalue weighted by molar-refractivity contribution is 0.0102. The topological polar surface area (TPSA) is 35.5 Å². The van der Waals surface area contributed by atoms with E-state index in [0.717, 1.165) is 32.5 Å². The van der Waals surface area contributed by atoms with Crippen LogP contribution in [0.15, 0.2) is 0 Å². The zero-order valence-electron chi connectivity index (χ0n) is 13.4. The number of aliphatic hydroxyl groups excluding tert-OH is 1. The number of nitrogens with one attached hydrogen (secondary N) is 1. The molecular weight excluding hydrogens is 236 g/mol. The van der Waals surface area contributed by atoms with Gasteiger partial charge in [-0.15, -0.1) is 0 Å². The van der Waals surface area contributed by atoms with Crippen LogP contribution in [0.2, 0.25) is 0 Å². The van der Waals surface area contributed by atoms with Crippen LogP contribution in [0.3, 0.4) is 0 Å². The van der Waals surface area contributed by atoms with Gasteiger partial charge in [0.15, 0.2) is 0 Å². The number of rotatable bonds is 8. The second-order valence-corrected chi connectivity index (χ2v) is 6.32. The van der Waals surface area contributed by atoms with Gasteiger partial charge in [-0.3, -0.25) is 0 Å². The van der Waals surface area contributed by atoms with E-state index in [1.54, 1.807) is 0 Å². The van der Waals surface area contributed by atoms with Gasteiger partial charge >= 0.3 is 0 Å². The quantitative estimate of drug-likeness (QED) is 0.712. The molecule has 0 radical (unpaired) electrons. The zero-order valence-corrected chi connectivity index (χ0v) is 13.4. The molecule has 0 aromatic carbocycles. The van der Waals surface area contributed by atoms with Gasteiger partial charge < -0.3 is 15.3 Å². The third-order valence-electron chi connectivity index (χ3n) is 5.09. The Hall–Kier alpha value is -0.120. The highest BCUT2D eigenvalue weighted by atomic mass is 16.3. The molecule has 0 amide bonds. The lowest BCUT2D eigenvalue weighted by Crippen LogP contribution is -2.50. The Kier molecular flexibility index (Phi) is 7.33. The number of likely N-dealkylation sites (N-methyl/N-ethyl adjacent to an activating group) is 1. The van der Waals surface area contributed by atoms with E-state index >= 15 is 0 Å². The molecule has 0 bridgehead atoms. The van der Waals surface area contributed by atoms with E-state index in [2.05, 4.69) is 38.0 Å². The number of hydrogen-bond donors (Lipinski definition) is 2. The van der Waals surface area contributed by atoms with E-state index in [4.69, 9.17) is 0 Å². The van der Waals surface area contributed by atoms with Gasteiger partial charge in [0.2, 0.25) is 0 Å². The predicted octanol–water partition coefficient (Wildman–Crippen LogP) is 2.64. The molecule has 0 aromatic rings. The van der Waals surface area contributed by atoms with Crippen molar-refractivity contribution in [3.63, 3.8) is 0 Å². The van der Waals surface area contributed by atoms with Crippen molar-refractivity contribution in [1.29, 1.82) is 0 Å². The summed E-state index contributed by atoms with van der Waals surface area (Å²) in [5, 5.41) is 13.7. The first-order valence-corrected chi connectivity index (χ1v) is 8.17. The highest BCUT2D eigenvalue weighted by molar-refractivity contribution is 4.88. The fourth-order valence-electron chi connectivity index (χ4n) is 3.42. The van der Waals surface area contributed by atoms with Crippen LogP contribution in [0.5, 0.6) is 0 Å². The van der Waals surface area contributed by atoms with Gasteiger partial charge in [0.1, 0.15) is 0 Å². The first kappa shape index (κ1) is 16.9. The molecule has 114 valence electrons. The van der Waals surface area contributed by atoms with Crippen molar-refractivity contribution in [2.45, 2.75) is 71.4 Å². The smallest absolute Gasteiger partial charge is 0.0695 e. The van der Waals surface area contributed by atoms with Gasteiger partial charge in [0.05, 0.1) is 6.10 Å². The lowest BCUT2D eigenvalue weighted by Gasteiger charge is -2.42. The van der Waals surface area contributed by atoms with Crippen LogP contribution in [0.4, 0.5) is 0 Å². The van der Waals surface area contributed by atoms with Crippen LogP contribution >= 0.6 is 0 Å². The molecule has 0 saturated heterocycles. The van der Waals surface area contributed by atoms with Crippen molar-refractivity contribution in [2.24, 2.45) is 5.41 Å². The maximum absolute atomic E-state index is 10.2. The summed E-state index contributed by atoms with van der Waals surface area (Å²) in [6, 6.07) is 0.368. The second-order valence-electron chi connectivity index (χ2n) is 6.32. The Morgan fingerprint density at radius 1 is 1.16 bits per heavy atom. The molecule has 1 fully saturated rings. The SMILES string of the molecule is CCNCC(CC)(CC)CN(C)C1CCCCC1O. The summed E-state index contributed by atoms with van der Waals surface area (Å²) in [5.41, 5.74) is 0.349. The molecule has 0 aromatic heterocycles. The van der Waals surface area contributed by atoms with E-state index in [-0.39, 0.29) is 6.10 Å². The largest absolute Gasteiger partial charge is 0.391 e.